The van der Waals surface area contributed by atoms with Gasteiger partial charge < -0.3 is 5.73 Å². The summed E-state index contributed by atoms with van der Waals surface area (Å²) < 4.78 is 13.3. The summed E-state index contributed by atoms with van der Waals surface area (Å²) in [4.78, 5) is 8.63. The third-order valence-corrected chi connectivity index (χ3v) is 4.37. The van der Waals surface area contributed by atoms with E-state index >= 15 is 0 Å². The number of nitrogens with zero attached hydrogens (tertiary/aromatic N) is 3. The highest BCUT2D eigenvalue weighted by Crippen LogP contribution is 2.25. The van der Waals surface area contributed by atoms with Crippen LogP contribution in [0.5, 0.6) is 0 Å². The number of aromatic nitrogens is 2. The van der Waals surface area contributed by atoms with E-state index in [4.69, 9.17) is 5.73 Å². The number of anilines is 1. The molecule has 6 heteroatoms. The molecule has 0 saturated heterocycles. The Balaban J connectivity index is 2.37. The summed E-state index contributed by atoms with van der Waals surface area (Å²) in [5, 5.41) is 10.2. The fourth-order valence-corrected chi connectivity index (χ4v) is 2.75. The van der Waals surface area contributed by atoms with Crippen molar-refractivity contribution in [2.75, 3.05) is 5.73 Å². The van der Waals surface area contributed by atoms with Crippen molar-refractivity contribution in [3.63, 3.8) is 0 Å². The summed E-state index contributed by atoms with van der Waals surface area (Å²) in [6.45, 7) is 4.16. The van der Waals surface area contributed by atoms with Gasteiger partial charge in [-0.3, -0.25) is 0 Å². The van der Waals surface area contributed by atoms with Crippen LogP contribution >= 0.6 is 11.8 Å². The van der Waals surface area contributed by atoms with E-state index in [0.717, 1.165) is 12.0 Å². The number of thioether (sulfide) groups is 1. The van der Waals surface area contributed by atoms with Crippen molar-refractivity contribution >= 4 is 17.6 Å². The molecule has 0 aliphatic rings. The zero-order chi connectivity index (χ0) is 16.1. The molecule has 0 aliphatic carbocycles. The standard InChI is InChI=1S/C16H17FN4S/c1-3-10(2)22-16-20-14(13(9-18)15(19)21-16)8-11-5-4-6-12(17)7-11/h4-7,10H,3,8H2,1-2H3,(H2,19,20,21). The van der Waals surface area contributed by atoms with E-state index in [0.29, 0.717) is 22.5 Å². The normalized spacial score (nSPS) is 11.9. The van der Waals surface area contributed by atoms with E-state index in [1.165, 1.54) is 23.9 Å². The molecule has 114 valence electrons. The van der Waals surface area contributed by atoms with Crippen LogP contribution < -0.4 is 5.73 Å². The van der Waals surface area contributed by atoms with Gasteiger partial charge in [-0.1, -0.05) is 37.7 Å². The van der Waals surface area contributed by atoms with E-state index < -0.39 is 0 Å². The molecule has 0 aliphatic heterocycles. The van der Waals surface area contributed by atoms with Crippen LogP contribution in [-0.4, -0.2) is 15.2 Å². The van der Waals surface area contributed by atoms with Gasteiger partial charge in [-0.05, 0) is 24.1 Å². The monoisotopic (exact) mass is 316 g/mol. The molecule has 0 fully saturated rings. The Morgan fingerprint density at radius 3 is 2.82 bits per heavy atom. The molecule has 0 saturated carbocycles. The maximum absolute atomic E-state index is 13.3. The molecule has 1 heterocycles. The highest BCUT2D eigenvalue weighted by Gasteiger charge is 2.15. The minimum atomic E-state index is -0.313. The SMILES string of the molecule is CCC(C)Sc1nc(N)c(C#N)c(Cc2cccc(F)c2)n1. The van der Waals surface area contributed by atoms with Gasteiger partial charge in [-0.2, -0.15) is 5.26 Å². The number of hydrogen-bond donors (Lipinski definition) is 1. The number of nitriles is 1. The second kappa shape index (κ2) is 7.23. The molecule has 0 bridgehead atoms. The molecule has 1 unspecified atom stereocenters. The van der Waals surface area contributed by atoms with Crippen LogP contribution in [-0.2, 0) is 6.42 Å². The predicted octanol–water partition coefficient (Wildman–Crippen LogP) is 3.55. The molecule has 0 radical (unpaired) electrons. The van der Waals surface area contributed by atoms with Gasteiger partial charge >= 0.3 is 0 Å². The van der Waals surface area contributed by atoms with Gasteiger partial charge in [0.25, 0.3) is 0 Å². The van der Waals surface area contributed by atoms with Crippen LogP contribution in [0.15, 0.2) is 29.4 Å². The Morgan fingerprint density at radius 2 is 2.18 bits per heavy atom. The van der Waals surface area contributed by atoms with E-state index in [1.807, 2.05) is 6.07 Å². The number of nitrogens with two attached hydrogens (primary N) is 1. The van der Waals surface area contributed by atoms with Gasteiger partial charge in [-0.15, -0.1) is 0 Å². The summed E-state index contributed by atoms with van der Waals surface area (Å²) in [5.41, 5.74) is 7.41. The van der Waals surface area contributed by atoms with Crippen LogP contribution in [0.3, 0.4) is 0 Å². The average molecular weight is 316 g/mol. The number of halogens is 1. The van der Waals surface area contributed by atoms with Crippen LogP contribution in [0, 0.1) is 17.1 Å². The van der Waals surface area contributed by atoms with Crippen LogP contribution in [0.4, 0.5) is 10.2 Å². The summed E-state index contributed by atoms with van der Waals surface area (Å²) in [6, 6.07) is 8.28. The zero-order valence-corrected chi connectivity index (χ0v) is 13.3. The van der Waals surface area contributed by atoms with E-state index in [1.54, 1.807) is 12.1 Å². The van der Waals surface area contributed by atoms with Crippen molar-refractivity contribution in [3.8, 4) is 6.07 Å². The molecule has 4 nitrogen and oxygen atoms in total. The molecule has 2 rings (SSSR count). The molecular weight excluding hydrogens is 299 g/mol. The third kappa shape index (κ3) is 3.95. The molecule has 0 spiro atoms. The molecule has 0 amide bonds. The molecule has 1 aromatic carbocycles. The Labute approximate surface area is 133 Å². The molecule has 22 heavy (non-hydrogen) atoms. The Kier molecular flexibility index (Phi) is 5.34. The highest BCUT2D eigenvalue weighted by molar-refractivity contribution is 7.99. The largest absolute Gasteiger partial charge is 0.382 e. The minimum Gasteiger partial charge on any atom is -0.382 e. The second-order valence-corrected chi connectivity index (χ2v) is 6.37. The van der Waals surface area contributed by atoms with E-state index in [9.17, 15) is 9.65 Å². The molecule has 1 atom stereocenters. The van der Waals surface area contributed by atoms with Crippen LogP contribution in [0.1, 0.15) is 37.1 Å². The third-order valence-electron chi connectivity index (χ3n) is 3.25. The molecular formula is C16H17FN4S. The summed E-state index contributed by atoms with van der Waals surface area (Å²) in [6.07, 6.45) is 1.33. The van der Waals surface area contributed by atoms with Crippen molar-refractivity contribution in [2.45, 2.75) is 37.1 Å². The average Bonchev–Trinajstić information content (AvgIpc) is 2.47. The Bertz CT molecular complexity index is 712. The Morgan fingerprint density at radius 1 is 1.41 bits per heavy atom. The van der Waals surface area contributed by atoms with Gasteiger partial charge in [0.15, 0.2) is 5.16 Å². The summed E-state index contributed by atoms with van der Waals surface area (Å²) in [7, 11) is 0. The van der Waals surface area contributed by atoms with Crippen LogP contribution in [0.25, 0.3) is 0 Å². The molecule has 2 N–H and O–H groups in total. The maximum atomic E-state index is 13.3. The van der Waals surface area contributed by atoms with Crippen molar-refractivity contribution in [1.82, 2.24) is 9.97 Å². The number of hydrogen-bond acceptors (Lipinski definition) is 5. The summed E-state index contributed by atoms with van der Waals surface area (Å²) in [5.74, 6) is -0.137. The maximum Gasteiger partial charge on any atom is 0.190 e. The lowest BCUT2D eigenvalue weighted by atomic mass is 10.1. The van der Waals surface area contributed by atoms with Crippen molar-refractivity contribution in [3.05, 3.63) is 46.9 Å². The van der Waals surface area contributed by atoms with Gasteiger partial charge in [0.2, 0.25) is 0 Å². The first-order valence-corrected chi connectivity index (χ1v) is 7.89. The fourth-order valence-electron chi connectivity index (χ4n) is 1.91. The van der Waals surface area contributed by atoms with Crippen LogP contribution in [0.2, 0.25) is 0 Å². The highest BCUT2D eigenvalue weighted by atomic mass is 32.2. The van der Waals surface area contributed by atoms with E-state index in [2.05, 4.69) is 23.8 Å². The lowest BCUT2D eigenvalue weighted by Crippen LogP contribution is -2.07. The fraction of sp³-hybridized carbons (Fsp3) is 0.312. The zero-order valence-electron chi connectivity index (χ0n) is 12.5. The van der Waals surface area contributed by atoms with Gasteiger partial charge in [0.1, 0.15) is 23.3 Å². The minimum absolute atomic E-state index is 0.176. The van der Waals surface area contributed by atoms with Crippen molar-refractivity contribution in [2.24, 2.45) is 0 Å². The van der Waals surface area contributed by atoms with Gasteiger partial charge in [0.05, 0.1) is 5.69 Å². The van der Waals surface area contributed by atoms with Crippen molar-refractivity contribution < 1.29 is 4.39 Å². The quantitative estimate of drug-likeness (QED) is 0.674. The lowest BCUT2D eigenvalue weighted by Gasteiger charge is -2.11. The Hall–Kier alpha value is -2.13. The first-order chi connectivity index (χ1) is 10.5. The topological polar surface area (TPSA) is 75.6 Å². The lowest BCUT2D eigenvalue weighted by molar-refractivity contribution is 0.626. The molecule has 2 aromatic rings. The smallest absolute Gasteiger partial charge is 0.190 e. The van der Waals surface area contributed by atoms with Crippen molar-refractivity contribution in [1.29, 1.82) is 5.26 Å². The molecule has 1 aromatic heterocycles. The number of nitrogen functional groups attached to an aromatic ring is 1. The first-order valence-electron chi connectivity index (χ1n) is 7.01. The van der Waals surface area contributed by atoms with Gasteiger partial charge in [-0.25, -0.2) is 14.4 Å². The first kappa shape index (κ1) is 16.2. The van der Waals surface area contributed by atoms with Gasteiger partial charge in [0, 0.05) is 11.7 Å². The second-order valence-electron chi connectivity index (χ2n) is 4.97. The predicted molar refractivity (Wildman–Crippen MR) is 86.0 cm³/mol. The number of rotatable bonds is 5. The number of benzene rings is 1. The van der Waals surface area contributed by atoms with E-state index in [-0.39, 0.29) is 17.2 Å². The summed E-state index contributed by atoms with van der Waals surface area (Å²) >= 11 is 1.52.